The van der Waals surface area contributed by atoms with Crippen LogP contribution in [0.5, 0.6) is 0 Å². The number of hydrogen-bond donors (Lipinski definition) is 0. The molecule has 3 rings (SSSR count). The zero-order valence-corrected chi connectivity index (χ0v) is 9.02. The number of carbonyl (C=O) groups excluding carboxylic acids is 1. The van der Waals surface area contributed by atoms with Gasteiger partial charge in [-0.25, -0.2) is 4.68 Å². The molecule has 0 atom stereocenters. The van der Waals surface area contributed by atoms with Gasteiger partial charge in [0.25, 0.3) is 0 Å². The molecule has 0 spiro atoms. The van der Waals surface area contributed by atoms with Crippen LogP contribution in [0.3, 0.4) is 0 Å². The van der Waals surface area contributed by atoms with E-state index in [4.69, 9.17) is 0 Å². The van der Waals surface area contributed by atoms with Crippen LogP contribution >= 0.6 is 11.3 Å². The maximum absolute atomic E-state index is 10.6. The fourth-order valence-electron chi connectivity index (χ4n) is 1.52. The van der Waals surface area contributed by atoms with E-state index >= 15 is 0 Å². The Labute approximate surface area is 95.2 Å². The van der Waals surface area contributed by atoms with Gasteiger partial charge in [0.05, 0.1) is 21.5 Å². The maximum Gasteiger partial charge on any atom is 0.160 e. The molecule has 16 heavy (non-hydrogen) atoms. The lowest BCUT2D eigenvalue weighted by Gasteiger charge is -1.97. The number of hydrogen-bond acceptors (Lipinski definition) is 4. The zero-order valence-electron chi connectivity index (χ0n) is 8.20. The predicted molar refractivity (Wildman–Crippen MR) is 62.1 cm³/mol. The summed E-state index contributed by atoms with van der Waals surface area (Å²) in [6.07, 6.45) is 6.22. The first-order valence-corrected chi connectivity index (χ1v) is 5.53. The van der Waals surface area contributed by atoms with Gasteiger partial charge in [0.15, 0.2) is 6.29 Å². The molecule has 5 heteroatoms. The van der Waals surface area contributed by atoms with Gasteiger partial charge in [0.2, 0.25) is 0 Å². The Morgan fingerprint density at radius 3 is 3.06 bits per heavy atom. The minimum atomic E-state index is 0.704. The third-order valence-electron chi connectivity index (χ3n) is 2.24. The molecule has 0 bridgehead atoms. The molecule has 0 N–H and O–H groups in total. The Balaban J connectivity index is 2.13. The first-order valence-electron chi connectivity index (χ1n) is 4.71. The van der Waals surface area contributed by atoms with E-state index in [2.05, 4.69) is 10.1 Å². The average molecular weight is 229 g/mol. The Bertz CT molecular complexity index is 610. The standard InChI is InChI=1S/C11H7N3OS/c15-7-9-4-10-11(16-9)6-14(13-10)8-2-1-3-12-5-8/h1-7H. The van der Waals surface area contributed by atoms with Crippen molar-refractivity contribution in [1.82, 2.24) is 14.8 Å². The number of pyridine rings is 1. The van der Waals surface area contributed by atoms with E-state index in [-0.39, 0.29) is 0 Å². The minimum Gasteiger partial charge on any atom is -0.297 e. The zero-order chi connectivity index (χ0) is 11.0. The van der Waals surface area contributed by atoms with E-state index in [0.29, 0.717) is 4.88 Å². The van der Waals surface area contributed by atoms with Crippen molar-refractivity contribution >= 4 is 27.8 Å². The quantitative estimate of drug-likeness (QED) is 0.633. The van der Waals surface area contributed by atoms with Gasteiger partial charge < -0.3 is 0 Å². The fourth-order valence-corrected chi connectivity index (χ4v) is 2.35. The van der Waals surface area contributed by atoms with E-state index in [1.54, 1.807) is 23.1 Å². The molecule has 0 radical (unpaired) electrons. The molecule has 0 unspecified atom stereocenters. The molecule has 78 valence electrons. The summed E-state index contributed by atoms with van der Waals surface area (Å²) in [4.78, 5) is 15.3. The third kappa shape index (κ3) is 1.42. The summed E-state index contributed by atoms with van der Waals surface area (Å²) in [5.41, 5.74) is 1.76. The van der Waals surface area contributed by atoms with Gasteiger partial charge >= 0.3 is 0 Å². The Morgan fingerprint density at radius 1 is 1.44 bits per heavy atom. The van der Waals surface area contributed by atoms with E-state index in [9.17, 15) is 4.79 Å². The van der Waals surface area contributed by atoms with Gasteiger partial charge in [-0.1, -0.05) is 0 Å². The van der Waals surface area contributed by atoms with Gasteiger partial charge in [0.1, 0.15) is 5.52 Å². The Hall–Kier alpha value is -2.01. The van der Waals surface area contributed by atoms with Crippen molar-refractivity contribution in [3.8, 4) is 5.69 Å². The average Bonchev–Trinajstić information content (AvgIpc) is 2.87. The van der Waals surface area contributed by atoms with Crippen molar-refractivity contribution in [3.05, 3.63) is 41.7 Å². The predicted octanol–water partition coefficient (Wildman–Crippen LogP) is 2.29. The number of rotatable bonds is 2. The summed E-state index contributed by atoms with van der Waals surface area (Å²) in [6, 6.07) is 5.59. The van der Waals surface area contributed by atoms with Gasteiger partial charge in [0, 0.05) is 12.4 Å². The molecule has 3 aromatic heterocycles. The summed E-state index contributed by atoms with van der Waals surface area (Å²) in [5, 5.41) is 4.38. The molecule has 3 aromatic rings. The molecule has 0 aliphatic rings. The van der Waals surface area contributed by atoms with E-state index in [1.807, 2.05) is 18.3 Å². The lowest BCUT2D eigenvalue weighted by Crippen LogP contribution is -1.94. The van der Waals surface area contributed by atoms with Crippen molar-refractivity contribution in [3.63, 3.8) is 0 Å². The normalized spacial score (nSPS) is 10.8. The number of aldehydes is 1. The Kier molecular flexibility index (Phi) is 2.04. The second-order valence-corrected chi connectivity index (χ2v) is 4.42. The Morgan fingerprint density at radius 2 is 2.38 bits per heavy atom. The summed E-state index contributed by atoms with van der Waals surface area (Å²) in [7, 11) is 0. The SMILES string of the molecule is O=Cc1cc2nn(-c3cccnc3)cc2s1. The lowest BCUT2D eigenvalue weighted by molar-refractivity contribution is 0.112. The van der Waals surface area contributed by atoms with E-state index in [0.717, 1.165) is 22.2 Å². The molecule has 0 aliphatic carbocycles. The third-order valence-corrected chi connectivity index (χ3v) is 3.23. The van der Waals surface area contributed by atoms with Crippen LogP contribution in [0.2, 0.25) is 0 Å². The number of fused-ring (bicyclic) bond motifs is 1. The van der Waals surface area contributed by atoms with Crippen molar-refractivity contribution in [2.45, 2.75) is 0 Å². The van der Waals surface area contributed by atoms with Crippen LogP contribution in [0.1, 0.15) is 9.67 Å². The van der Waals surface area contributed by atoms with Gasteiger partial charge in [-0.2, -0.15) is 5.10 Å². The summed E-state index contributed by atoms with van der Waals surface area (Å²) < 4.78 is 2.77. The monoisotopic (exact) mass is 229 g/mol. The topological polar surface area (TPSA) is 47.8 Å². The van der Waals surface area contributed by atoms with Crippen LogP contribution in [0.25, 0.3) is 15.9 Å². The van der Waals surface area contributed by atoms with Crippen LogP contribution in [0, 0.1) is 0 Å². The number of thiophene rings is 1. The largest absolute Gasteiger partial charge is 0.297 e. The summed E-state index contributed by atoms with van der Waals surface area (Å²) in [5.74, 6) is 0. The molecule has 0 aromatic carbocycles. The van der Waals surface area contributed by atoms with E-state index in [1.165, 1.54) is 11.3 Å². The highest BCUT2D eigenvalue weighted by Crippen LogP contribution is 2.24. The molecule has 3 heterocycles. The van der Waals surface area contributed by atoms with Crippen molar-refractivity contribution in [1.29, 1.82) is 0 Å². The number of aromatic nitrogens is 3. The van der Waals surface area contributed by atoms with Gasteiger partial charge in [-0.05, 0) is 18.2 Å². The highest BCUT2D eigenvalue weighted by molar-refractivity contribution is 7.20. The molecule has 0 saturated heterocycles. The smallest absolute Gasteiger partial charge is 0.160 e. The van der Waals surface area contributed by atoms with Gasteiger partial charge in [-0.15, -0.1) is 11.3 Å². The summed E-state index contributed by atoms with van der Waals surface area (Å²) in [6.45, 7) is 0. The molecule has 0 fully saturated rings. The second kappa shape index (κ2) is 3.53. The molecule has 0 amide bonds. The van der Waals surface area contributed by atoms with Crippen LogP contribution in [-0.4, -0.2) is 21.1 Å². The molecule has 4 nitrogen and oxygen atoms in total. The highest BCUT2D eigenvalue weighted by atomic mass is 32.1. The molecule has 0 aliphatic heterocycles. The molecule has 0 saturated carbocycles. The van der Waals surface area contributed by atoms with Crippen LogP contribution in [0.4, 0.5) is 0 Å². The van der Waals surface area contributed by atoms with Crippen molar-refractivity contribution < 1.29 is 4.79 Å². The summed E-state index contributed by atoms with van der Waals surface area (Å²) >= 11 is 1.44. The van der Waals surface area contributed by atoms with Crippen molar-refractivity contribution in [2.24, 2.45) is 0 Å². The maximum atomic E-state index is 10.6. The highest BCUT2D eigenvalue weighted by Gasteiger charge is 2.06. The first-order chi connectivity index (χ1) is 7.86. The van der Waals surface area contributed by atoms with Crippen LogP contribution in [0.15, 0.2) is 36.8 Å². The number of nitrogens with zero attached hydrogens (tertiary/aromatic N) is 3. The second-order valence-electron chi connectivity index (χ2n) is 3.30. The minimum absolute atomic E-state index is 0.704. The van der Waals surface area contributed by atoms with E-state index < -0.39 is 0 Å². The van der Waals surface area contributed by atoms with Crippen LogP contribution in [-0.2, 0) is 0 Å². The first kappa shape index (κ1) is 9.23. The fraction of sp³-hybridized carbons (Fsp3) is 0. The van der Waals surface area contributed by atoms with Crippen molar-refractivity contribution in [2.75, 3.05) is 0 Å². The number of carbonyl (C=O) groups is 1. The molecular formula is C11H7N3OS. The van der Waals surface area contributed by atoms with Crippen LogP contribution < -0.4 is 0 Å². The van der Waals surface area contributed by atoms with Gasteiger partial charge in [-0.3, -0.25) is 9.78 Å². The molecular weight excluding hydrogens is 222 g/mol. The lowest BCUT2D eigenvalue weighted by atomic mass is 10.4.